The normalized spacial score (nSPS) is 41.2. The Morgan fingerprint density at radius 2 is 0.750 bits per heavy atom. The summed E-state index contributed by atoms with van der Waals surface area (Å²) in [6.45, 7) is 0. The van der Waals surface area contributed by atoms with Crippen molar-refractivity contribution in [1.82, 2.24) is 0 Å². The Morgan fingerprint density at radius 3 is 1.06 bits per heavy atom. The molecule has 0 aromatic rings. The summed E-state index contributed by atoms with van der Waals surface area (Å²) < 4.78 is 0. The smallest absolute Gasteiger partial charge is 0.310 e. The van der Waals surface area contributed by atoms with Crippen LogP contribution in [0.25, 0.3) is 0 Å². The fraction of sp³-hybridized carbons (Fsp3) is 0.786. The molecule has 0 spiro atoms. The molecule has 0 aromatic heterocycles. The van der Waals surface area contributed by atoms with Crippen LogP contribution in [-0.4, -0.2) is 10.8 Å². The molecule has 0 heterocycles. The maximum Gasteiger partial charge on any atom is 1.00 e. The first-order valence-electron chi connectivity index (χ1n) is 13.0. The molecule has 0 nitrogen and oxygen atoms in total. The van der Waals surface area contributed by atoms with E-state index in [-0.39, 0.29) is 59.1 Å². The largest absolute Gasteiger partial charge is 1.00 e. The maximum atomic E-state index is 6.20. The Hall–Kier alpha value is 2.06. The second kappa shape index (κ2) is 16.0. The van der Waals surface area contributed by atoms with E-state index >= 15 is 0 Å². The minimum atomic E-state index is 0. The maximum absolute atomic E-state index is 6.20. The fourth-order valence-corrected chi connectivity index (χ4v) is 6.92. The van der Waals surface area contributed by atoms with Gasteiger partial charge in [0.1, 0.15) is 0 Å². The molecule has 0 aliphatic heterocycles. The van der Waals surface area contributed by atoms with Crippen molar-refractivity contribution in [2.75, 3.05) is 0 Å². The van der Waals surface area contributed by atoms with E-state index < -0.39 is 0 Å². The molecule has 32 heavy (non-hydrogen) atoms. The third kappa shape index (κ3) is 9.84. The molecule has 0 aromatic carbocycles. The van der Waals surface area contributed by atoms with Crippen molar-refractivity contribution in [2.24, 2.45) is 35.5 Å². The fourth-order valence-electron chi connectivity index (χ4n) is 6.46. The summed E-state index contributed by atoms with van der Waals surface area (Å²) in [4.78, 5) is 0. The van der Waals surface area contributed by atoms with Gasteiger partial charge in [-0.15, -0.1) is 0 Å². The van der Waals surface area contributed by atoms with Gasteiger partial charge < -0.3 is 12.8 Å². The van der Waals surface area contributed by atoms with E-state index in [1.807, 2.05) is 0 Å². The van der Waals surface area contributed by atoms with Gasteiger partial charge in [-0.05, 0) is 75.0 Å². The van der Waals surface area contributed by atoms with Gasteiger partial charge in [0.15, 0.2) is 0 Å². The zero-order valence-corrected chi connectivity index (χ0v) is 26.3. The van der Waals surface area contributed by atoms with Gasteiger partial charge in [0.25, 0.3) is 0 Å². The summed E-state index contributed by atoms with van der Waals surface area (Å²) in [7, 11) is 0. The molecule has 170 valence electrons. The van der Waals surface area contributed by atoms with Gasteiger partial charge in [0.2, 0.25) is 0 Å². The predicted molar refractivity (Wildman–Crippen MR) is 132 cm³/mol. The van der Waals surface area contributed by atoms with Crippen molar-refractivity contribution in [3.63, 3.8) is 0 Å². The molecule has 4 atom stereocenters. The topological polar surface area (TPSA) is 0 Å². The summed E-state index contributed by atoms with van der Waals surface area (Å²) in [6, 6.07) is 0. The van der Waals surface area contributed by atoms with Crippen LogP contribution >= 0.6 is 23.2 Å². The van der Waals surface area contributed by atoms with E-state index in [1.54, 1.807) is 0 Å². The Morgan fingerprint density at radius 1 is 0.438 bits per heavy atom. The monoisotopic (exact) mass is 494 g/mol. The molecule has 4 aliphatic rings. The van der Waals surface area contributed by atoms with Gasteiger partial charge in [-0.2, -0.15) is 36.0 Å². The molecular weight excluding hydrogens is 453 g/mol. The van der Waals surface area contributed by atoms with Gasteiger partial charge in [-0.1, -0.05) is 72.6 Å². The average Bonchev–Trinajstić information content (AvgIpc) is 2.79. The molecule has 4 heteroatoms. The summed E-state index contributed by atoms with van der Waals surface area (Å²) in [5.41, 5.74) is 0. The standard InChI is InChI=1S/C28H42Cl2.2Na/c29-27-17-9-23(10-18-27)3-1-21-5-13-25(14-6-21)26-15-7-22(8-16-26)2-4-24-11-19-28(30)20-12-24;;/h1-4,17,19,21-28H,5-16,18,20H2;;/q-2;2*+1. The predicted octanol–water partition coefficient (Wildman–Crippen LogP) is 2.94. The van der Waals surface area contributed by atoms with E-state index in [1.165, 1.54) is 77.0 Å². The number of alkyl halides is 2. The molecule has 0 bridgehead atoms. The Bertz CT molecular complexity index is 496. The molecule has 4 saturated carbocycles. The molecule has 4 fully saturated rings. The summed E-state index contributed by atoms with van der Waals surface area (Å²) in [6.07, 6.45) is 33.6. The second-order valence-corrected chi connectivity index (χ2v) is 11.9. The van der Waals surface area contributed by atoms with Crippen molar-refractivity contribution in [2.45, 2.75) is 101 Å². The number of halogens is 2. The van der Waals surface area contributed by atoms with Gasteiger partial charge >= 0.3 is 59.1 Å². The average molecular weight is 496 g/mol. The Balaban J connectivity index is 0.00000181. The van der Waals surface area contributed by atoms with Crippen LogP contribution in [-0.2, 0) is 0 Å². The van der Waals surface area contributed by atoms with Crippen LogP contribution in [0.2, 0.25) is 0 Å². The minimum Gasteiger partial charge on any atom is -0.310 e. The van der Waals surface area contributed by atoms with Crippen molar-refractivity contribution in [1.29, 1.82) is 0 Å². The quantitative estimate of drug-likeness (QED) is 0.238. The van der Waals surface area contributed by atoms with Gasteiger partial charge in [-0.3, -0.25) is 0 Å². The van der Waals surface area contributed by atoms with Crippen LogP contribution in [0.4, 0.5) is 0 Å². The van der Waals surface area contributed by atoms with Crippen molar-refractivity contribution in [3.05, 3.63) is 37.1 Å². The van der Waals surface area contributed by atoms with Crippen LogP contribution in [0.15, 0.2) is 24.3 Å². The number of rotatable bonds is 5. The van der Waals surface area contributed by atoms with E-state index in [0.29, 0.717) is 10.8 Å². The zero-order chi connectivity index (χ0) is 20.8. The van der Waals surface area contributed by atoms with Crippen LogP contribution in [0.1, 0.15) is 89.9 Å². The molecular formula is C28H42Cl2Na2. The Kier molecular flexibility index (Phi) is 15.2. The summed E-state index contributed by atoms with van der Waals surface area (Å²) >= 11 is 12.4. The van der Waals surface area contributed by atoms with Crippen LogP contribution in [0, 0.1) is 48.3 Å². The molecule has 0 saturated heterocycles. The SMILES string of the molecule is ClC1[CH-]CC(C=CC2CCC(C3CCC(C=CC4C[CH-]C(Cl)CC4)CC3)CC2)CC1.[Na+].[Na+]. The van der Waals surface area contributed by atoms with Gasteiger partial charge in [-0.25, -0.2) is 0 Å². The van der Waals surface area contributed by atoms with Crippen LogP contribution in [0.3, 0.4) is 0 Å². The Labute approximate surface area is 253 Å². The molecule has 0 amide bonds. The summed E-state index contributed by atoms with van der Waals surface area (Å²) in [5.74, 6) is 5.21. The van der Waals surface area contributed by atoms with Crippen LogP contribution in [0.5, 0.6) is 0 Å². The van der Waals surface area contributed by atoms with Crippen molar-refractivity contribution < 1.29 is 59.1 Å². The van der Waals surface area contributed by atoms with Crippen molar-refractivity contribution in [3.8, 4) is 0 Å². The first-order chi connectivity index (χ1) is 14.7. The third-order valence-corrected chi connectivity index (χ3v) is 9.42. The van der Waals surface area contributed by atoms with E-state index in [2.05, 4.69) is 37.1 Å². The molecule has 0 radical (unpaired) electrons. The first-order valence-corrected chi connectivity index (χ1v) is 13.8. The van der Waals surface area contributed by atoms with E-state index in [0.717, 1.165) is 48.3 Å². The number of allylic oxidation sites excluding steroid dienone is 4. The third-order valence-electron chi connectivity index (χ3n) is 8.63. The molecule has 0 N–H and O–H groups in total. The van der Waals surface area contributed by atoms with Gasteiger partial charge in [0.05, 0.1) is 0 Å². The van der Waals surface area contributed by atoms with Crippen LogP contribution < -0.4 is 59.1 Å². The molecule has 4 rings (SSSR count). The summed E-state index contributed by atoms with van der Waals surface area (Å²) in [5, 5.41) is 0.639. The van der Waals surface area contributed by atoms with E-state index in [9.17, 15) is 0 Å². The second-order valence-electron chi connectivity index (χ2n) is 10.8. The van der Waals surface area contributed by atoms with Crippen molar-refractivity contribution >= 4 is 23.2 Å². The molecule has 4 unspecified atom stereocenters. The number of hydrogen-bond donors (Lipinski definition) is 0. The number of hydrogen-bond acceptors (Lipinski definition) is 0. The molecule has 4 aliphatic carbocycles. The minimum absolute atomic E-state index is 0. The first kappa shape index (κ1) is 30.3. The van der Waals surface area contributed by atoms with Gasteiger partial charge in [0, 0.05) is 0 Å². The van der Waals surface area contributed by atoms with E-state index in [4.69, 9.17) is 23.2 Å². The zero-order valence-electron chi connectivity index (χ0n) is 20.7.